The zero-order valence-electron chi connectivity index (χ0n) is 19.6. The van der Waals surface area contributed by atoms with Gasteiger partial charge in [-0.1, -0.05) is 24.3 Å². The predicted molar refractivity (Wildman–Crippen MR) is 124 cm³/mol. The second-order valence-electron chi connectivity index (χ2n) is 8.70. The fraction of sp³-hybridized carbons (Fsp3) is 0.667. The van der Waals surface area contributed by atoms with E-state index in [9.17, 15) is 9.59 Å². The maximum absolute atomic E-state index is 12.8. The van der Waals surface area contributed by atoms with Crippen LogP contribution in [0.5, 0.6) is 0 Å². The van der Waals surface area contributed by atoms with Crippen LogP contribution in [0.4, 0.5) is 0 Å². The van der Waals surface area contributed by atoms with Gasteiger partial charge < -0.3 is 9.80 Å². The fourth-order valence-electron chi connectivity index (χ4n) is 4.45. The molecule has 0 aromatic heterocycles. The molecule has 1 aromatic rings. The Labute approximate surface area is 187 Å². The standard InChI is InChI=1S/C24H39N5O2/c1-4-28(5-2)23(30)19-26-10-12-27(13-11-26)20-24(31)29-16-14-25(15-17-29)18-22-9-7-6-8-21(22)3/h6-9H,4-5,10-20H2,1-3H3. The molecule has 172 valence electrons. The number of rotatable bonds is 8. The highest BCUT2D eigenvalue weighted by molar-refractivity contribution is 5.79. The van der Waals surface area contributed by atoms with E-state index < -0.39 is 0 Å². The molecule has 7 nitrogen and oxygen atoms in total. The first-order valence-corrected chi connectivity index (χ1v) is 11.8. The number of likely N-dealkylation sites (N-methyl/N-ethyl adjacent to an activating group) is 1. The summed E-state index contributed by atoms with van der Waals surface area (Å²) in [7, 11) is 0. The van der Waals surface area contributed by atoms with Gasteiger partial charge in [-0.25, -0.2) is 0 Å². The highest BCUT2D eigenvalue weighted by Gasteiger charge is 2.26. The van der Waals surface area contributed by atoms with E-state index >= 15 is 0 Å². The summed E-state index contributed by atoms with van der Waals surface area (Å²) in [6.07, 6.45) is 0. The molecule has 0 spiro atoms. The Morgan fingerprint density at radius 2 is 1.35 bits per heavy atom. The number of benzene rings is 1. The molecule has 2 fully saturated rings. The first kappa shape index (κ1) is 23.7. The minimum absolute atomic E-state index is 0.207. The van der Waals surface area contributed by atoms with E-state index in [4.69, 9.17) is 0 Å². The maximum Gasteiger partial charge on any atom is 0.236 e. The summed E-state index contributed by atoms with van der Waals surface area (Å²) in [4.78, 5) is 35.9. The second-order valence-corrected chi connectivity index (χ2v) is 8.70. The summed E-state index contributed by atoms with van der Waals surface area (Å²) in [5.41, 5.74) is 2.71. The van der Waals surface area contributed by atoms with Crippen LogP contribution in [0.1, 0.15) is 25.0 Å². The number of hydrogen-bond acceptors (Lipinski definition) is 5. The summed E-state index contributed by atoms with van der Waals surface area (Å²) >= 11 is 0. The van der Waals surface area contributed by atoms with E-state index in [0.29, 0.717) is 13.1 Å². The molecular formula is C24H39N5O2. The molecule has 0 radical (unpaired) electrons. The monoisotopic (exact) mass is 429 g/mol. The van der Waals surface area contributed by atoms with Crippen molar-refractivity contribution in [3.63, 3.8) is 0 Å². The van der Waals surface area contributed by atoms with E-state index in [-0.39, 0.29) is 11.8 Å². The Kier molecular flexibility index (Phi) is 8.87. The van der Waals surface area contributed by atoms with Gasteiger partial charge in [0, 0.05) is 72.0 Å². The van der Waals surface area contributed by atoms with Crippen LogP contribution in [-0.2, 0) is 16.1 Å². The number of carbonyl (C=O) groups excluding carboxylic acids is 2. The Hall–Kier alpha value is -1.96. The highest BCUT2D eigenvalue weighted by atomic mass is 16.2. The van der Waals surface area contributed by atoms with Gasteiger partial charge in [0.1, 0.15) is 0 Å². The van der Waals surface area contributed by atoms with Crippen LogP contribution in [0.15, 0.2) is 24.3 Å². The van der Waals surface area contributed by atoms with Gasteiger partial charge in [-0.05, 0) is 31.9 Å². The summed E-state index contributed by atoms with van der Waals surface area (Å²) in [6, 6.07) is 8.54. The third kappa shape index (κ3) is 6.76. The van der Waals surface area contributed by atoms with Gasteiger partial charge in [0.25, 0.3) is 0 Å². The van der Waals surface area contributed by atoms with Crippen LogP contribution in [0.3, 0.4) is 0 Å². The highest BCUT2D eigenvalue weighted by Crippen LogP contribution is 2.13. The van der Waals surface area contributed by atoms with Crippen molar-refractivity contribution in [2.75, 3.05) is 78.5 Å². The minimum atomic E-state index is 0.207. The van der Waals surface area contributed by atoms with Crippen LogP contribution in [0.25, 0.3) is 0 Å². The van der Waals surface area contributed by atoms with Crippen LogP contribution < -0.4 is 0 Å². The lowest BCUT2D eigenvalue weighted by Gasteiger charge is -2.38. The van der Waals surface area contributed by atoms with Crippen molar-refractivity contribution in [3.8, 4) is 0 Å². The van der Waals surface area contributed by atoms with E-state index in [0.717, 1.165) is 72.0 Å². The Morgan fingerprint density at radius 1 is 0.806 bits per heavy atom. The molecule has 2 amide bonds. The van der Waals surface area contributed by atoms with Gasteiger partial charge in [0.05, 0.1) is 13.1 Å². The normalized spacial score (nSPS) is 18.9. The zero-order chi connectivity index (χ0) is 22.2. The molecule has 0 bridgehead atoms. The van der Waals surface area contributed by atoms with Crippen LogP contribution in [0, 0.1) is 6.92 Å². The zero-order valence-corrected chi connectivity index (χ0v) is 19.6. The second kappa shape index (κ2) is 11.6. The Balaban J connectivity index is 1.36. The number of amides is 2. The number of hydrogen-bond donors (Lipinski definition) is 0. The van der Waals surface area contributed by atoms with E-state index in [1.807, 2.05) is 23.6 Å². The average molecular weight is 430 g/mol. The smallest absolute Gasteiger partial charge is 0.236 e. The minimum Gasteiger partial charge on any atom is -0.342 e. The quantitative estimate of drug-likeness (QED) is 0.620. The van der Waals surface area contributed by atoms with E-state index in [1.165, 1.54) is 11.1 Å². The van der Waals surface area contributed by atoms with Gasteiger partial charge in [0.2, 0.25) is 11.8 Å². The summed E-state index contributed by atoms with van der Waals surface area (Å²) in [5, 5.41) is 0. The molecule has 7 heteroatoms. The molecule has 31 heavy (non-hydrogen) atoms. The van der Waals surface area contributed by atoms with Crippen molar-refractivity contribution in [1.82, 2.24) is 24.5 Å². The first-order valence-electron chi connectivity index (χ1n) is 11.8. The molecule has 0 unspecified atom stereocenters. The molecule has 0 aliphatic carbocycles. The number of nitrogens with zero attached hydrogens (tertiary/aromatic N) is 5. The topological polar surface area (TPSA) is 50.3 Å². The predicted octanol–water partition coefficient (Wildman–Crippen LogP) is 1.13. The third-order valence-electron chi connectivity index (χ3n) is 6.68. The third-order valence-corrected chi connectivity index (χ3v) is 6.68. The van der Waals surface area contributed by atoms with Crippen molar-refractivity contribution >= 4 is 11.8 Å². The molecule has 2 aliphatic heterocycles. The number of carbonyl (C=O) groups is 2. The molecule has 0 N–H and O–H groups in total. The number of aryl methyl sites for hydroxylation is 1. The van der Waals surface area contributed by atoms with Gasteiger partial charge in [-0.2, -0.15) is 0 Å². The summed E-state index contributed by atoms with van der Waals surface area (Å²) < 4.78 is 0. The largest absolute Gasteiger partial charge is 0.342 e. The lowest BCUT2D eigenvalue weighted by Crippen LogP contribution is -2.54. The fourth-order valence-corrected chi connectivity index (χ4v) is 4.45. The van der Waals surface area contributed by atoms with Crippen molar-refractivity contribution < 1.29 is 9.59 Å². The molecule has 2 aliphatic rings. The average Bonchev–Trinajstić information content (AvgIpc) is 2.78. The van der Waals surface area contributed by atoms with Gasteiger partial charge in [0.15, 0.2) is 0 Å². The molecule has 2 heterocycles. The van der Waals surface area contributed by atoms with Crippen LogP contribution in [0.2, 0.25) is 0 Å². The van der Waals surface area contributed by atoms with Crippen LogP contribution in [-0.4, -0.2) is 115 Å². The van der Waals surface area contributed by atoms with Gasteiger partial charge in [-0.15, -0.1) is 0 Å². The first-order chi connectivity index (χ1) is 15.0. The molecule has 1 aromatic carbocycles. The lowest BCUT2D eigenvalue weighted by molar-refractivity contribution is -0.136. The SMILES string of the molecule is CCN(CC)C(=O)CN1CCN(CC(=O)N2CCN(Cc3ccccc3C)CC2)CC1. The maximum atomic E-state index is 12.8. The molecule has 2 saturated heterocycles. The lowest BCUT2D eigenvalue weighted by atomic mass is 10.1. The molecule has 3 rings (SSSR count). The van der Waals surface area contributed by atoms with Gasteiger partial charge in [-0.3, -0.25) is 24.3 Å². The molecule has 0 atom stereocenters. The Bertz CT molecular complexity index is 720. The van der Waals surface area contributed by atoms with E-state index in [1.54, 1.807) is 0 Å². The molecular weight excluding hydrogens is 390 g/mol. The van der Waals surface area contributed by atoms with Crippen molar-refractivity contribution in [2.45, 2.75) is 27.3 Å². The summed E-state index contributed by atoms with van der Waals surface area (Å²) in [6.45, 7) is 16.6. The number of piperazine rings is 2. The van der Waals surface area contributed by atoms with E-state index in [2.05, 4.69) is 45.9 Å². The van der Waals surface area contributed by atoms with Crippen molar-refractivity contribution in [2.24, 2.45) is 0 Å². The van der Waals surface area contributed by atoms with Gasteiger partial charge >= 0.3 is 0 Å². The summed E-state index contributed by atoms with van der Waals surface area (Å²) in [5.74, 6) is 0.446. The van der Waals surface area contributed by atoms with Crippen LogP contribution >= 0.6 is 0 Å². The van der Waals surface area contributed by atoms with Crippen molar-refractivity contribution in [1.29, 1.82) is 0 Å². The van der Waals surface area contributed by atoms with Crippen molar-refractivity contribution in [3.05, 3.63) is 35.4 Å². The molecule has 0 saturated carbocycles. The Morgan fingerprint density at radius 3 is 1.94 bits per heavy atom.